The highest BCUT2D eigenvalue weighted by molar-refractivity contribution is 6.27. The van der Waals surface area contributed by atoms with Crippen molar-refractivity contribution < 1.29 is 15.3 Å². The third kappa shape index (κ3) is 1.68. The van der Waals surface area contributed by atoms with Crippen LogP contribution in [0.4, 0.5) is 0 Å². The number of benzene rings is 4. The summed E-state index contributed by atoms with van der Waals surface area (Å²) in [5, 5.41) is 36.4. The van der Waals surface area contributed by atoms with E-state index in [1.54, 1.807) is 0 Å². The van der Waals surface area contributed by atoms with Crippen LogP contribution in [0.5, 0.6) is 0 Å². The molecule has 24 heavy (non-hydrogen) atoms. The van der Waals surface area contributed by atoms with Gasteiger partial charge in [0.2, 0.25) is 0 Å². The van der Waals surface area contributed by atoms with Gasteiger partial charge in [-0.2, -0.15) is 0 Å². The first-order valence-electron chi connectivity index (χ1n) is 7.96. The summed E-state index contributed by atoms with van der Waals surface area (Å²) in [6.07, 6.45) is -3.63. The Morgan fingerprint density at radius 1 is 0.750 bits per heavy atom. The van der Waals surface area contributed by atoms with Crippen molar-refractivity contribution in [3.05, 3.63) is 59.7 Å². The van der Waals surface area contributed by atoms with E-state index in [0.29, 0.717) is 11.1 Å². The molecule has 0 heterocycles. The first-order chi connectivity index (χ1) is 11.6. The Labute approximate surface area is 143 Å². The second kappa shape index (κ2) is 4.80. The van der Waals surface area contributed by atoms with Gasteiger partial charge in [0.05, 0.1) is 5.38 Å². The van der Waals surface area contributed by atoms with Gasteiger partial charge in [-0.1, -0.05) is 42.5 Å². The lowest BCUT2D eigenvalue weighted by molar-refractivity contribution is -0.0703. The first-order valence-corrected chi connectivity index (χ1v) is 8.40. The van der Waals surface area contributed by atoms with E-state index in [2.05, 4.69) is 18.2 Å². The van der Waals surface area contributed by atoms with Gasteiger partial charge in [-0.3, -0.25) is 0 Å². The maximum absolute atomic E-state index is 10.4. The van der Waals surface area contributed by atoms with E-state index in [9.17, 15) is 15.3 Å². The number of aliphatic hydroxyl groups is 3. The van der Waals surface area contributed by atoms with E-state index in [0.717, 1.165) is 32.3 Å². The Morgan fingerprint density at radius 2 is 1.42 bits per heavy atom. The Bertz CT molecular complexity index is 1070. The van der Waals surface area contributed by atoms with Crippen molar-refractivity contribution in [3.8, 4) is 0 Å². The summed E-state index contributed by atoms with van der Waals surface area (Å²) in [5.41, 5.74) is 1.31. The van der Waals surface area contributed by atoms with Crippen LogP contribution in [0.15, 0.2) is 48.5 Å². The SMILES string of the molecule is OC1c2cc3ccc4cccc5ccc(c2C(Cl)C(O)C1O)c3c45. The van der Waals surface area contributed by atoms with Gasteiger partial charge < -0.3 is 15.3 Å². The van der Waals surface area contributed by atoms with Crippen molar-refractivity contribution in [3.63, 3.8) is 0 Å². The van der Waals surface area contributed by atoms with Crippen LogP contribution in [-0.4, -0.2) is 27.5 Å². The lowest BCUT2D eigenvalue weighted by atomic mass is 9.80. The highest BCUT2D eigenvalue weighted by Gasteiger charge is 2.40. The van der Waals surface area contributed by atoms with Crippen molar-refractivity contribution in [1.82, 2.24) is 0 Å². The largest absolute Gasteiger partial charge is 0.388 e. The van der Waals surface area contributed by atoms with Crippen LogP contribution in [0, 0.1) is 0 Å². The van der Waals surface area contributed by atoms with E-state index in [1.807, 2.05) is 30.3 Å². The monoisotopic (exact) mass is 338 g/mol. The van der Waals surface area contributed by atoms with Gasteiger partial charge in [0, 0.05) is 0 Å². The molecule has 0 aliphatic heterocycles. The number of rotatable bonds is 0. The van der Waals surface area contributed by atoms with Crippen LogP contribution < -0.4 is 0 Å². The van der Waals surface area contributed by atoms with E-state index < -0.39 is 23.7 Å². The Morgan fingerprint density at radius 3 is 2.17 bits per heavy atom. The average Bonchev–Trinajstić information content (AvgIpc) is 2.62. The predicted octanol–water partition coefficient (Wildman–Crippen LogP) is 3.63. The van der Waals surface area contributed by atoms with Crippen LogP contribution in [0.1, 0.15) is 22.6 Å². The molecular weight excluding hydrogens is 324 g/mol. The van der Waals surface area contributed by atoms with Crippen LogP contribution in [0.2, 0.25) is 0 Å². The van der Waals surface area contributed by atoms with Crippen molar-refractivity contribution in [2.45, 2.75) is 23.7 Å². The fourth-order valence-electron chi connectivity index (χ4n) is 4.12. The van der Waals surface area contributed by atoms with Crippen LogP contribution in [0.25, 0.3) is 32.3 Å². The maximum atomic E-state index is 10.4. The number of halogens is 1. The van der Waals surface area contributed by atoms with Crippen LogP contribution in [0.3, 0.4) is 0 Å². The molecule has 0 fully saturated rings. The zero-order valence-electron chi connectivity index (χ0n) is 12.6. The Hall–Kier alpha value is -1.91. The van der Waals surface area contributed by atoms with Gasteiger partial charge in [-0.05, 0) is 49.5 Å². The van der Waals surface area contributed by atoms with Gasteiger partial charge in [0.1, 0.15) is 18.3 Å². The molecule has 1 aliphatic carbocycles. The Balaban J connectivity index is 2.01. The van der Waals surface area contributed by atoms with Crippen molar-refractivity contribution >= 4 is 43.9 Å². The molecule has 5 rings (SSSR count). The second-order valence-corrected chi connectivity index (χ2v) is 7.03. The molecular formula is C20H15ClO3. The third-order valence-corrected chi connectivity index (χ3v) is 5.77. The minimum absolute atomic E-state index is 0.596. The molecule has 3 nitrogen and oxygen atoms in total. The quantitative estimate of drug-likeness (QED) is 0.339. The molecule has 0 spiro atoms. The van der Waals surface area contributed by atoms with Gasteiger partial charge >= 0.3 is 0 Å². The molecule has 4 heteroatoms. The molecule has 4 atom stereocenters. The highest BCUT2D eigenvalue weighted by atomic mass is 35.5. The van der Waals surface area contributed by atoms with Gasteiger partial charge in [0.25, 0.3) is 0 Å². The first kappa shape index (κ1) is 14.4. The second-order valence-electron chi connectivity index (χ2n) is 6.56. The summed E-state index contributed by atoms with van der Waals surface area (Å²) in [5.74, 6) is 0. The standard InChI is InChI=1S/C20H15ClO3/c21-17-16-12-7-6-10-3-1-2-9-4-5-11(15(12)14(9)10)8-13(16)18(22)20(24)19(17)23/h1-8,17-20,22-24H. The number of hydrogen-bond acceptors (Lipinski definition) is 3. The minimum Gasteiger partial charge on any atom is -0.388 e. The molecule has 4 aromatic carbocycles. The molecule has 120 valence electrons. The van der Waals surface area contributed by atoms with Crippen molar-refractivity contribution in [2.24, 2.45) is 0 Å². The predicted molar refractivity (Wildman–Crippen MR) is 95.7 cm³/mol. The van der Waals surface area contributed by atoms with E-state index in [1.165, 1.54) is 0 Å². The molecule has 0 saturated heterocycles. The van der Waals surface area contributed by atoms with Crippen LogP contribution >= 0.6 is 11.6 Å². The van der Waals surface area contributed by atoms with Gasteiger partial charge in [-0.15, -0.1) is 11.6 Å². The van der Waals surface area contributed by atoms with Crippen molar-refractivity contribution in [1.29, 1.82) is 0 Å². The summed E-state index contributed by atoms with van der Waals surface area (Å²) in [6.45, 7) is 0. The molecule has 0 bridgehead atoms. The van der Waals surface area contributed by atoms with E-state index in [4.69, 9.17) is 11.6 Å². The highest BCUT2D eigenvalue weighted by Crippen LogP contribution is 2.47. The zero-order valence-corrected chi connectivity index (χ0v) is 13.4. The average molecular weight is 339 g/mol. The molecule has 0 amide bonds. The summed E-state index contributed by atoms with van der Waals surface area (Å²) >= 11 is 6.46. The Kier molecular flexibility index (Phi) is 2.89. The van der Waals surface area contributed by atoms with Gasteiger partial charge in [-0.25, -0.2) is 0 Å². The summed E-state index contributed by atoms with van der Waals surface area (Å²) < 4.78 is 0. The molecule has 4 unspecified atom stereocenters. The summed E-state index contributed by atoms with van der Waals surface area (Å²) in [6, 6.07) is 16.2. The summed E-state index contributed by atoms with van der Waals surface area (Å²) in [4.78, 5) is 0. The van der Waals surface area contributed by atoms with E-state index in [-0.39, 0.29) is 0 Å². The lowest BCUT2D eigenvalue weighted by Gasteiger charge is -2.35. The minimum atomic E-state index is -1.28. The molecule has 3 N–H and O–H groups in total. The molecule has 0 saturated carbocycles. The van der Waals surface area contributed by atoms with Crippen LogP contribution in [-0.2, 0) is 0 Å². The maximum Gasteiger partial charge on any atom is 0.112 e. The van der Waals surface area contributed by atoms with Gasteiger partial charge in [0.15, 0.2) is 0 Å². The molecule has 4 aromatic rings. The molecule has 0 radical (unpaired) electrons. The number of fused-ring (bicyclic) bond motifs is 2. The normalized spacial score (nSPS) is 27.2. The number of hydrogen-bond donors (Lipinski definition) is 3. The third-order valence-electron chi connectivity index (χ3n) is 5.29. The lowest BCUT2D eigenvalue weighted by Crippen LogP contribution is -2.40. The molecule has 1 aliphatic rings. The molecule has 0 aromatic heterocycles. The summed E-state index contributed by atoms with van der Waals surface area (Å²) in [7, 11) is 0. The topological polar surface area (TPSA) is 60.7 Å². The fraction of sp³-hybridized carbons (Fsp3) is 0.200. The number of aliphatic hydroxyl groups excluding tert-OH is 3. The van der Waals surface area contributed by atoms with E-state index >= 15 is 0 Å². The van der Waals surface area contributed by atoms with Crippen molar-refractivity contribution in [2.75, 3.05) is 0 Å². The number of alkyl halides is 1. The fourth-order valence-corrected chi connectivity index (χ4v) is 4.51. The zero-order chi connectivity index (χ0) is 16.6. The smallest absolute Gasteiger partial charge is 0.112 e.